The van der Waals surface area contributed by atoms with E-state index >= 15 is 0 Å². The number of nitrogens with two attached hydrogens (primary N) is 2. The van der Waals surface area contributed by atoms with Gasteiger partial charge in [-0.2, -0.15) is 5.10 Å². The normalized spacial score (nSPS) is 22.3. The maximum Gasteiger partial charge on any atom is 0.185 e. The molecule has 1 aliphatic carbocycles. The molecule has 0 radical (unpaired) electrons. The maximum absolute atomic E-state index is 5.28. The first-order chi connectivity index (χ1) is 10.3. The molecule has 1 atom stereocenters. The van der Waals surface area contributed by atoms with E-state index in [0.29, 0.717) is 13.1 Å². The zero-order chi connectivity index (χ0) is 14.9. The average molecular weight is 326 g/mol. The Hall–Kier alpha value is -1.86. The molecule has 0 aromatic heterocycles. The van der Waals surface area contributed by atoms with Gasteiger partial charge < -0.3 is 11.5 Å². The molecule has 0 spiro atoms. The lowest BCUT2D eigenvalue weighted by molar-refractivity contribution is 0.356. The number of guanidine groups is 1. The van der Waals surface area contributed by atoms with Gasteiger partial charge in [0.2, 0.25) is 0 Å². The number of hydrazone groups is 1. The molecular formula is C14H24ClN7. The third-order valence-corrected chi connectivity index (χ3v) is 3.17. The largest absolute Gasteiger partial charge is 0.370 e. The third-order valence-electron chi connectivity index (χ3n) is 3.17. The van der Waals surface area contributed by atoms with Crippen LogP contribution in [0.3, 0.4) is 0 Å². The van der Waals surface area contributed by atoms with Crippen LogP contribution < -0.4 is 16.8 Å². The molecular weight excluding hydrogens is 302 g/mol. The highest BCUT2D eigenvalue weighted by Gasteiger charge is 2.12. The summed E-state index contributed by atoms with van der Waals surface area (Å²) in [7, 11) is 0. The van der Waals surface area contributed by atoms with Gasteiger partial charge >= 0.3 is 0 Å². The van der Waals surface area contributed by atoms with Crippen LogP contribution in [0.2, 0.25) is 0 Å². The minimum absolute atomic E-state index is 0. The predicted octanol–water partition coefficient (Wildman–Crippen LogP) is 0.103. The van der Waals surface area contributed by atoms with Crippen LogP contribution in [0.15, 0.2) is 39.4 Å². The zero-order valence-corrected chi connectivity index (χ0v) is 13.4. The van der Waals surface area contributed by atoms with Gasteiger partial charge in [-0.15, -0.1) is 12.4 Å². The lowest BCUT2D eigenvalue weighted by Crippen LogP contribution is -2.23. The summed E-state index contributed by atoms with van der Waals surface area (Å²) in [5, 5.41) is 9.75. The second-order valence-corrected chi connectivity index (χ2v) is 4.89. The van der Waals surface area contributed by atoms with Gasteiger partial charge in [0.1, 0.15) is 0 Å². The molecule has 1 fully saturated rings. The molecule has 1 saturated heterocycles. The maximum atomic E-state index is 5.28. The highest BCUT2D eigenvalue weighted by Crippen LogP contribution is 2.09. The van der Waals surface area contributed by atoms with E-state index in [-0.39, 0.29) is 24.3 Å². The summed E-state index contributed by atoms with van der Waals surface area (Å²) in [5.74, 6) is 0.270. The quantitative estimate of drug-likeness (QED) is 0.366. The molecule has 0 aromatic carbocycles. The lowest BCUT2D eigenvalue weighted by atomic mass is 10.00. The number of rotatable bonds is 6. The fourth-order valence-corrected chi connectivity index (χ4v) is 2.08. The molecule has 2 rings (SSSR count). The van der Waals surface area contributed by atoms with Crippen molar-refractivity contribution in [3.05, 3.63) is 24.3 Å². The molecule has 22 heavy (non-hydrogen) atoms. The van der Waals surface area contributed by atoms with Crippen molar-refractivity contribution in [2.24, 2.45) is 32.5 Å². The molecule has 1 aliphatic heterocycles. The van der Waals surface area contributed by atoms with E-state index in [9.17, 15) is 0 Å². The number of aliphatic imine (C=N–C) groups is 2. The number of nitrogens with one attached hydrogen (secondary N) is 1. The number of hydrogen-bond acceptors (Lipinski definition) is 5. The summed E-state index contributed by atoms with van der Waals surface area (Å²) in [6, 6.07) is 0. The van der Waals surface area contributed by atoms with Gasteiger partial charge in [-0.1, -0.05) is 18.2 Å². The van der Waals surface area contributed by atoms with E-state index in [1.807, 2.05) is 29.5 Å². The summed E-state index contributed by atoms with van der Waals surface area (Å²) < 4.78 is 0. The van der Waals surface area contributed by atoms with Crippen LogP contribution in [-0.4, -0.2) is 55.7 Å². The van der Waals surface area contributed by atoms with Crippen LogP contribution >= 0.6 is 12.4 Å². The van der Waals surface area contributed by atoms with E-state index in [4.69, 9.17) is 11.5 Å². The summed E-state index contributed by atoms with van der Waals surface area (Å²) in [4.78, 5) is 8.55. The van der Waals surface area contributed by atoms with Crippen molar-refractivity contribution in [3.8, 4) is 0 Å². The fourth-order valence-electron chi connectivity index (χ4n) is 2.08. The summed E-state index contributed by atoms with van der Waals surface area (Å²) in [6.07, 6.45) is 10.9. The SMILES string of the molecule is Cl.NC(N)=NCCCN=C1C=CC=CC1C=NN1CCNC1. The topological polar surface area (TPSA) is 104 Å². The molecule has 0 bridgehead atoms. The Morgan fingerprint density at radius 3 is 2.95 bits per heavy atom. The Labute approximate surface area is 137 Å². The second-order valence-electron chi connectivity index (χ2n) is 4.89. The number of nitrogens with zero attached hydrogens (tertiary/aromatic N) is 4. The van der Waals surface area contributed by atoms with E-state index < -0.39 is 0 Å². The molecule has 7 nitrogen and oxygen atoms in total. The highest BCUT2D eigenvalue weighted by atomic mass is 35.5. The molecule has 8 heteroatoms. The summed E-state index contributed by atoms with van der Waals surface area (Å²) >= 11 is 0. The Morgan fingerprint density at radius 2 is 2.23 bits per heavy atom. The van der Waals surface area contributed by atoms with Crippen molar-refractivity contribution >= 4 is 30.3 Å². The van der Waals surface area contributed by atoms with E-state index in [2.05, 4.69) is 26.5 Å². The van der Waals surface area contributed by atoms with Crippen molar-refractivity contribution in [3.63, 3.8) is 0 Å². The Balaban J connectivity index is 0.00000242. The third kappa shape index (κ3) is 6.28. The van der Waals surface area contributed by atoms with Crippen LogP contribution in [0, 0.1) is 5.92 Å². The van der Waals surface area contributed by atoms with E-state index in [0.717, 1.165) is 31.9 Å². The van der Waals surface area contributed by atoms with Gasteiger partial charge in [0.15, 0.2) is 5.96 Å². The second kappa shape index (κ2) is 9.97. The van der Waals surface area contributed by atoms with E-state index in [1.165, 1.54) is 0 Å². The molecule has 5 N–H and O–H groups in total. The predicted molar refractivity (Wildman–Crippen MR) is 94.7 cm³/mol. The zero-order valence-electron chi connectivity index (χ0n) is 12.6. The summed E-state index contributed by atoms with van der Waals surface area (Å²) in [5.41, 5.74) is 11.6. The standard InChI is InChI=1S/C14H23N7.ClH/c15-14(16)19-7-3-6-18-13-5-2-1-4-12(13)10-20-21-9-8-17-11-21;/h1-2,4-5,10,12,17H,3,6-9,11H2,(H4,15,16,19);1H. The van der Waals surface area contributed by atoms with Gasteiger partial charge in [-0.3, -0.25) is 20.3 Å². The first-order valence-corrected chi connectivity index (χ1v) is 7.20. The number of hydrogen-bond donors (Lipinski definition) is 3. The van der Waals surface area contributed by atoms with Crippen molar-refractivity contribution in [2.45, 2.75) is 6.42 Å². The molecule has 1 unspecified atom stereocenters. The van der Waals surface area contributed by atoms with Crippen LogP contribution in [0.5, 0.6) is 0 Å². The first-order valence-electron chi connectivity index (χ1n) is 7.20. The Kier molecular flexibility index (Phi) is 8.24. The fraction of sp³-hybridized carbons (Fsp3) is 0.500. The van der Waals surface area contributed by atoms with Crippen molar-refractivity contribution in [1.82, 2.24) is 10.3 Å². The molecule has 2 aliphatic rings. The van der Waals surface area contributed by atoms with Crippen molar-refractivity contribution in [1.29, 1.82) is 0 Å². The minimum Gasteiger partial charge on any atom is -0.370 e. The number of halogens is 1. The molecule has 1 heterocycles. The number of allylic oxidation sites excluding steroid dienone is 4. The smallest absolute Gasteiger partial charge is 0.185 e. The van der Waals surface area contributed by atoms with Crippen LogP contribution in [0.1, 0.15) is 6.42 Å². The van der Waals surface area contributed by atoms with Crippen molar-refractivity contribution < 1.29 is 0 Å². The lowest BCUT2D eigenvalue weighted by Gasteiger charge is -2.14. The van der Waals surface area contributed by atoms with Gasteiger partial charge in [-0.05, 0) is 12.5 Å². The van der Waals surface area contributed by atoms with Crippen LogP contribution in [0.4, 0.5) is 0 Å². The van der Waals surface area contributed by atoms with E-state index in [1.54, 1.807) is 0 Å². The van der Waals surface area contributed by atoms with Crippen LogP contribution in [-0.2, 0) is 0 Å². The molecule has 0 amide bonds. The molecule has 0 aromatic rings. The van der Waals surface area contributed by atoms with Gasteiger partial charge in [0.05, 0.1) is 19.1 Å². The minimum atomic E-state index is 0. The van der Waals surface area contributed by atoms with Crippen molar-refractivity contribution in [2.75, 3.05) is 32.8 Å². The first kappa shape index (κ1) is 18.2. The molecule has 0 saturated carbocycles. The Morgan fingerprint density at radius 1 is 1.36 bits per heavy atom. The van der Waals surface area contributed by atoms with Gasteiger partial charge in [0.25, 0.3) is 0 Å². The van der Waals surface area contributed by atoms with Crippen LogP contribution in [0.25, 0.3) is 0 Å². The van der Waals surface area contributed by atoms with Gasteiger partial charge in [-0.25, -0.2) is 0 Å². The monoisotopic (exact) mass is 325 g/mol. The average Bonchev–Trinajstić information content (AvgIpc) is 2.99. The Bertz CT molecular complexity index is 472. The molecule has 122 valence electrons. The summed E-state index contributed by atoms with van der Waals surface area (Å²) in [6.45, 7) is 4.07. The van der Waals surface area contributed by atoms with Gasteiger partial charge in [0, 0.05) is 31.6 Å². The highest BCUT2D eigenvalue weighted by molar-refractivity contribution is 6.08.